The molecule has 0 bridgehead atoms. The van der Waals surface area contributed by atoms with Gasteiger partial charge in [-0.15, -0.1) is 0 Å². The van der Waals surface area contributed by atoms with Gasteiger partial charge in [-0.2, -0.15) is 0 Å². The Labute approximate surface area is 126 Å². The van der Waals surface area contributed by atoms with E-state index in [0.717, 1.165) is 18.4 Å². The quantitative estimate of drug-likeness (QED) is 0.795. The maximum atomic E-state index is 6.22. The SMILES string of the molecule is CCC(C)(C)C1CCC(CN)(N(C)CC2CCC2)CC1. The third-order valence-corrected chi connectivity index (χ3v) is 6.88. The van der Waals surface area contributed by atoms with Gasteiger partial charge < -0.3 is 5.73 Å². The van der Waals surface area contributed by atoms with Crippen molar-refractivity contribution in [3.8, 4) is 0 Å². The molecule has 0 unspecified atom stereocenters. The average Bonchev–Trinajstić information content (AvgIpc) is 2.42. The zero-order valence-corrected chi connectivity index (χ0v) is 14.3. The van der Waals surface area contributed by atoms with Crippen LogP contribution in [0.15, 0.2) is 0 Å². The third-order valence-electron chi connectivity index (χ3n) is 6.88. The van der Waals surface area contributed by atoms with Crippen LogP contribution < -0.4 is 5.73 Å². The van der Waals surface area contributed by atoms with Crippen LogP contribution in [-0.2, 0) is 0 Å². The van der Waals surface area contributed by atoms with Gasteiger partial charge in [0.05, 0.1) is 0 Å². The Morgan fingerprint density at radius 2 is 1.75 bits per heavy atom. The molecule has 0 aliphatic heterocycles. The van der Waals surface area contributed by atoms with Crippen molar-refractivity contribution < 1.29 is 0 Å². The van der Waals surface area contributed by atoms with Crippen molar-refractivity contribution in [3.05, 3.63) is 0 Å². The molecule has 2 nitrogen and oxygen atoms in total. The molecule has 0 spiro atoms. The van der Waals surface area contributed by atoms with Gasteiger partial charge in [-0.25, -0.2) is 0 Å². The molecule has 2 rings (SSSR count). The smallest absolute Gasteiger partial charge is 0.0329 e. The number of nitrogens with two attached hydrogens (primary N) is 1. The van der Waals surface area contributed by atoms with Crippen molar-refractivity contribution >= 4 is 0 Å². The van der Waals surface area contributed by atoms with E-state index in [2.05, 4.69) is 32.7 Å². The highest BCUT2D eigenvalue weighted by Crippen LogP contribution is 2.45. The van der Waals surface area contributed by atoms with Crippen LogP contribution in [0.1, 0.15) is 72.1 Å². The largest absolute Gasteiger partial charge is 0.329 e. The van der Waals surface area contributed by atoms with Gasteiger partial charge in [-0.3, -0.25) is 4.90 Å². The molecule has 2 aliphatic rings. The molecule has 0 amide bonds. The van der Waals surface area contributed by atoms with Crippen LogP contribution >= 0.6 is 0 Å². The zero-order valence-electron chi connectivity index (χ0n) is 14.3. The molecule has 2 heteroatoms. The molecule has 0 radical (unpaired) electrons. The van der Waals surface area contributed by atoms with Crippen LogP contribution in [0.2, 0.25) is 0 Å². The Hall–Kier alpha value is -0.0800. The lowest BCUT2D eigenvalue weighted by atomic mass is 9.65. The zero-order chi connectivity index (χ0) is 14.8. The highest BCUT2D eigenvalue weighted by Gasteiger charge is 2.41. The third kappa shape index (κ3) is 3.22. The van der Waals surface area contributed by atoms with Gasteiger partial charge in [0.1, 0.15) is 0 Å². The Bertz CT molecular complexity index is 299. The normalized spacial score (nSPS) is 32.4. The molecule has 2 fully saturated rings. The molecular formula is C18H36N2. The van der Waals surface area contributed by atoms with Crippen LogP contribution in [0.5, 0.6) is 0 Å². The summed E-state index contributed by atoms with van der Waals surface area (Å²) in [6, 6.07) is 0. The van der Waals surface area contributed by atoms with Gasteiger partial charge in [-0.05, 0) is 62.8 Å². The maximum absolute atomic E-state index is 6.22. The van der Waals surface area contributed by atoms with Gasteiger partial charge in [-0.1, -0.05) is 33.6 Å². The van der Waals surface area contributed by atoms with Crippen LogP contribution in [-0.4, -0.2) is 30.6 Å². The van der Waals surface area contributed by atoms with Gasteiger partial charge in [0.2, 0.25) is 0 Å². The summed E-state index contributed by atoms with van der Waals surface area (Å²) in [7, 11) is 2.33. The molecule has 0 aromatic heterocycles. The van der Waals surface area contributed by atoms with Crippen LogP contribution in [0.3, 0.4) is 0 Å². The fraction of sp³-hybridized carbons (Fsp3) is 1.00. The lowest BCUT2D eigenvalue weighted by Gasteiger charge is -2.50. The summed E-state index contributed by atoms with van der Waals surface area (Å²) >= 11 is 0. The molecule has 2 N–H and O–H groups in total. The van der Waals surface area contributed by atoms with Gasteiger partial charge in [0.25, 0.3) is 0 Å². The Morgan fingerprint density at radius 3 is 2.15 bits per heavy atom. The molecule has 0 heterocycles. The van der Waals surface area contributed by atoms with Crippen molar-refractivity contribution in [2.24, 2.45) is 23.0 Å². The summed E-state index contributed by atoms with van der Waals surface area (Å²) in [4.78, 5) is 2.63. The molecule has 118 valence electrons. The number of hydrogen-bond donors (Lipinski definition) is 1. The second-order valence-corrected chi connectivity index (χ2v) is 8.22. The number of nitrogens with zero attached hydrogens (tertiary/aromatic N) is 1. The highest BCUT2D eigenvalue weighted by molar-refractivity contribution is 4.97. The Balaban J connectivity index is 1.93. The summed E-state index contributed by atoms with van der Waals surface area (Å²) in [5, 5.41) is 0. The Morgan fingerprint density at radius 1 is 1.15 bits per heavy atom. The minimum absolute atomic E-state index is 0.301. The van der Waals surface area contributed by atoms with Crippen LogP contribution in [0, 0.1) is 17.3 Å². The first-order chi connectivity index (χ1) is 9.43. The van der Waals surface area contributed by atoms with Gasteiger partial charge in [0.15, 0.2) is 0 Å². The van der Waals surface area contributed by atoms with E-state index in [1.807, 2.05) is 0 Å². The van der Waals surface area contributed by atoms with Crippen molar-refractivity contribution in [2.75, 3.05) is 20.1 Å². The highest BCUT2D eigenvalue weighted by atomic mass is 15.2. The summed E-state index contributed by atoms with van der Waals surface area (Å²) < 4.78 is 0. The predicted molar refractivity (Wildman–Crippen MR) is 87.8 cm³/mol. The lowest BCUT2D eigenvalue weighted by molar-refractivity contribution is 0.0164. The lowest BCUT2D eigenvalue weighted by Crippen LogP contribution is -2.56. The summed E-state index contributed by atoms with van der Waals surface area (Å²) in [5.74, 6) is 1.84. The topological polar surface area (TPSA) is 29.3 Å². The van der Waals surface area contributed by atoms with E-state index in [9.17, 15) is 0 Å². The van der Waals surface area contributed by atoms with E-state index < -0.39 is 0 Å². The standard InChI is InChI=1S/C18H36N2/c1-5-17(2,3)16-9-11-18(14-19,12-10-16)20(4)13-15-7-6-8-15/h15-16H,5-14,19H2,1-4H3. The first-order valence-corrected chi connectivity index (χ1v) is 8.85. The van der Waals surface area contributed by atoms with Gasteiger partial charge in [0, 0.05) is 18.6 Å². The molecule has 20 heavy (non-hydrogen) atoms. The fourth-order valence-electron chi connectivity index (χ4n) is 4.22. The van der Waals surface area contributed by atoms with Crippen molar-refractivity contribution in [1.82, 2.24) is 4.90 Å². The summed E-state index contributed by atoms with van der Waals surface area (Å²) in [5.41, 5.74) is 7.03. The van der Waals surface area contributed by atoms with Crippen molar-refractivity contribution in [2.45, 2.75) is 77.7 Å². The van der Waals surface area contributed by atoms with Gasteiger partial charge >= 0.3 is 0 Å². The van der Waals surface area contributed by atoms with E-state index in [0.29, 0.717) is 11.0 Å². The fourth-order valence-corrected chi connectivity index (χ4v) is 4.22. The molecule has 0 atom stereocenters. The van der Waals surface area contributed by atoms with E-state index in [4.69, 9.17) is 5.73 Å². The van der Waals surface area contributed by atoms with Crippen molar-refractivity contribution in [1.29, 1.82) is 0 Å². The minimum atomic E-state index is 0.301. The number of hydrogen-bond acceptors (Lipinski definition) is 2. The second-order valence-electron chi connectivity index (χ2n) is 8.22. The van der Waals surface area contributed by atoms with Crippen molar-refractivity contribution in [3.63, 3.8) is 0 Å². The molecule has 0 saturated heterocycles. The van der Waals surface area contributed by atoms with E-state index in [1.165, 1.54) is 57.9 Å². The monoisotopic (exact) mass is 280 g/mol. The van der Waals surface area contributed by atoms with Crippen LogP contribution in [0.25, 0.3) is 0 Å². The van der Waals surface area contributed by atoms with E-state index >= 15 is 0 Å². The van der Waals surface area contributed by atoms with E-state index in [1.54, 1.807) is 0 Å². The second kappa shape index (κ2) is 6.36. The molecule has 2 saturated carbocycles. The Kier molecular flexibility index (Phi) is 5.18. The molecule has 0 aromatic rings. The predicted octanol–water partition coefficient (Wildman–Crippen LogP) is 4.04. The molecule has 2 aliphatic carbocycles. The first kappa shape index (κ1) is 16.3. The molecule has 0 aromatic carbocycles. The maximum Gasteiger partial charge on any atom is 0.0329 e. The minimum Gasteiger partial charge on any atom is -0.329 e. The summed E-state index contributed by atoms with van der Waals surface area (Å²) in [6.45, 7) is 9.36. The van der Waals surface area contributed by atoms with Crippen LogP contribution in [0.4, 0.5) is 0 Å². The average molecular weight is 280 g/mol. The number of rotatable bonds is 6. The first-order valence-electron chi connectivity index (χ1n) is 8.85. The molecular weight excluding hydrogens is 244 g/mol. The van der Waals surface area contributed by atoms with E-state index in [-0.39, 0.29) is 0 Å². The summed E-state index contributed by atoms with van der Waals surface area (Å²) in [6.07, 6.45) is 11.0. The number of likely N-dealkylation sites (N-methyl/N-ethyl adjacent to an activating group) is 1.